The first-order valence-electron chi connectivity index (χ1n) is 6.24. The van der Waals surface area contributed by atoms with Gasteiger partial charge in [-0.2, -0.15) is 0 Å². The van der Waals surface area contributed by atoms with Gasteiger partial charge in [-0.1, -0.05) is 0 Å². The number of fused-ring (bicyclic) bond motifs is 1. The highest BCUT2D eigenvalue weighted by molar-refractivity contribution is 5.83. The first-order valence-corrected chi connectivity index (χ1v) is 6.24. The molecule has 3 rings (SSSR count). The molecule has 2 aromatic heterocycles. The molecule has 0 radical (unpaired) electrons. The van der Waals surface area contributed by atoms with Crippen LogP contribution in [0.1, 0.15) is 25.5 Å². The quantitative estimate of drug-likeness (QED) is 0.806. The molecular weight excluding hydrogens is 230 g/mol. The summed E-state index contributed by atoms with van der Waals surface area (Å²) < 4.78 is 7.80. The SMILES string of the molecule is CN(C)c1ncnc2c1ncn2C1CCCCO1. The third kappa shape index (κ3) is 1.82. The number of aromatic nitrogens is 4. The van der Waals surface area contributed by atoms with Crippen molar-refractivity contribution in [3.05, 3.63) is 12.7 Å². The standard InChI is InChI=1S/C12H17N5O/c1-16(2)11-10-12(14-7-13-11)17(8-15-10)9-5-3-4-6-18-9/h7-9H,3-6H2,1-2H3. The summed E-state index contributed by atoms with van der Waals surface area (Å²) >= 11 is 0. The van der Waals surface area contributed by atoms with Gasteiger partial charge < -0.3 is 9.64 Å². The maximum absolute atomic E-state index is 5.78. The molecule has 1 aliphatic rings. The Bertz CT molecular complexity index is 544. The van der Waals surface area contributed by atoms with Crippen molar-refractivity contribution in [3.63, 3.8) is 0 Å². The van der Waals surface area contributed by atoms with Crippen LogP contribution in [0.25, 0.3) is 11.2 Å². The van der Waals surface area contributed by atoms with Crippen molar-refractivity contribution in [1.82, 2.24) is 19.5 Å². The zero-order valence-electron chi connectivity index (χ0n) is 10.7. The second-order valence-electron chi connectivity index (χ2n) is 4.74. The number of hydrogen-bond donors (Lipinski definition) is 0. The number of hydrogen-bond acceptors (Lipinski definition) is 5. The van der Waals surface area contributed by atoms with Gasteiger partial charge in [-0.15, -0.1) is 0 Å². The Morgan fingerprint density at radius 1 is 1.28 bits per heavy atom. The molecule has 1 unspecified atom stereocenters. The van der Waals surface area contributed by atoms with Crippen LogP contribution in [-0.2, 0) is 4.74 Å². The Labute approximate surface area is 106 Å². The van der Waals surface area contributed by atoms with Crippen LogP contribution in [-0.4, -0.2) is 40.2 Å². The fraction of sp³-hybridized carbons (Fsp3) is 0.583. The first-order chi connectivity index (χ1) is 8.77. The summed E-state index contributed by atoms with van der Waals surface area (Å²) in [6.07, 6.45) is 6.80. The van der Waals surface area contributed by atoms with E-state index in [1.807, 2.05) is 29.9 Å². The van der Waals surface area contributed by atoms with E-state index < -0.39 is 0 Å². The largest absolute Gasteiger partial charge is 0.361 e. The van der Waals surface area contributed by atoms with Crippen LogP contribution in [0.5, 0.6) is 0 Å². The van der Waals surface area contributed by atoms with E-state index >= 15 is 0 Å². The van der Waals surface area contributed by atoms with Crippen molar-refractivity contribution >= 4 is 17.0 Å². The van der Waals surface area contributed by atoms with Crippen molar-refractivity contribution in [2.45, 2.75) is 25.5 Å². The van der Waals surface area contributed by atoms with Crippen LogP contribution in [0, 0.1) is 0 Å². The lowest BCUT2D eigenvalue weighted by Crippen LogP contribution is -2.18. The van der Waals surface area contributed by atoms with E-state index in [1.165, 1.54) is 6.42 Å². The molecule has 1 atom stereocenters. The van der Waals surface area contributed by atoms with Crippen LogP contribution in [0.4, 0.5) is 5.82 Å². The molecule has 0 aromatic carbocycles. The molecule has 6 heteroatoms. The van der Waals surface area contributed by atoms with E-state index in [9.17, 15) is 0 Å². The summed E-state index contributed by atoms with van der Waals surface area (Å²) in [7, 11) is 3.91. The van der Waals surface area contributed by atoms with Crippen LogP contribution in [0.3, 0.4) is 0 Å². The summed E-state index contributed by atoms with van der Waals surface area (Å²) in [6.45, 7) is 0.815. The van der Waals surface area contributed by atoms with E-state index in [0.717, 1.165) is 36.4 Å². The van der Waals surface area contributed by atoms with Crippen molar-refractivity contribution < 1.29 is 4.74 Å². The van der Waals surface area contributed by atoms with Crippen molar-refractivity contribution in [3.8, 4) is 0 Å². The molecule has 96 valence electrons. The molecule has 6 nitrogen and oxygen atoms in total. The predicted molar refractivity (Wildman–Crippen MR) is 68.5 cm³/mol. The summed E-state index contributed by atoms with van der Waals surface area (Å²) in [5, 5.41) is 0. The monoisotopic (exact) mass is 247 g/mol. The van der Waals surface area contributed by atoms with E-state index in [4.69, 9.17) is 4.74 Å². The molecule has 1 fully saturated rings. The van der Waals surface area contributed by atoms with Crippen LogP contribution in [0.2, 0.25) is 0 Å². The van der Waals surface area contributed by atoms with E-state index in [-0.39, 0.29) is 6.23 Å². The van der Waals surface area contributed by atoms with Gasteiger partial charge in [-0.3, -0.25) is 4.57 Å². The van der Waals surface area contributed by atoms with Gasteiger partial charge in [0, 0.05) is 20.7 Å². The maximum atomic E-state index is 5.78. The van der Waals surface area contributed by atoms with Gasteiger partial charge >= 0.3 is 0 Å². The average Bonchev–Trinajstić information content (AvgIpc) is 2.83. The second kappa shape index (κ2) is 4.53. The predicted octanol–water partition coefficient (Wildman–Crippen LogP) is 1.59. The molecule has 1 saturated heterocycles. The first kappa shape index (κ1) is 11.4. The van der Waals surface area contributed by atoms with Crippen molar-refractivity contribution in [2.75, 3.05) is 25.6 Å². The van der Waals surface area contributed by atoms with Gasteiger partial charge in [-0.05, 0) is 19.3 Å². The molecule has 1 aliphatic heterocycles. The average molecular weight is 247 g/mol. The van der Waals surface area contributed by atoms with Gasteiger partial charge in [0.2, 0.25) is 0 Å². The number of nitrogens with zero attached hydrogens (tertiary/aromatic N) is 5. The summed E-state index contributed by atoms with van der Waals surface area (Å²) in [5.41, 5.74) is 1.68. The smallest absolute Gasteiger partial charge is 0.167 e. The van der Waals surface area contributed by atoms with E-state index in [2.05, 4.69) is 15.0 Å². The van der Waals surface area contributed by atoms with E-state index in [0.29, 0.717) is 0 Å². The molecule has 18 heavy (non-hydrogen) atoms. The molecule has 2 aromatic rings. The number of rotatable bonds is 2. The Kier molecular flexibility index (Phi) is 2.87. The van der Waals surface area contributed by atoms with Crippen LogP contribution in [0.15, 0.2) is 12.7 Å². The van der Waals surface area contributed by atoms with Gasteiger partial charge in [0.25, 0.3) is 0 Å². The maximum Gasteiger partial charge on any atom is 0.167 e. The van der Waals surface area contributed by atoms with Gasteiger partial charge in [0.1, 0.15) is 12.6 Å². The Hall–Kier alpha value is -1.69. The Balaban J connectivity index is 2.06. The highest BCUT2D eigenvalue weighted by atomic mass is 16.5. The minimum Gasteiger partial charge on any atom is -0.361 e. The molecule has 0 N–H and O–H groups in total. The zero-order chi connectivity index (χ0) is 12.5. The lowest BCUT2D eigenvalue weighted by molar-refractivity contribution is -0.0298. The molecule has 0 saturated carbocycles. The lowest BCUT2D eigenvalue weighted by Gasteiger charge is -2.23. The zero-order valence-corrected chi connectivity index (χ0v) is 10.7. The minimum atomic E-state index is 0.0636. The van der Waals surface area contributed by atoms with Gasteiger partial charge in [0.15, 0.2) is 17.0 Å². The van der Waals surface area contributed by atoms with Gasteiger partial charge in [0.05, 0.1) is 6.33 Å². The highest BCUT2D eigenvalue weighted by Crippen LogP contribution is 2.27. The third-order valence-corrected chi connectivity index (χ3v) is 3.23. The minimum absolute atomic E-state index is 0.0636. The normalized spacial score (nSPS) is 20.2. The molecule has 0 aliphatic carbocycles. The third-order valence-electron chi connectivity index (χ3n) is 3.23. The highest BCUT2D eigenvalue weighted by Gasteiger charge is 2.20. The fourth-order valence-corrected chi connectivity index (χ4v) is 2.32. The topological polar surface area (TPSA) is 56.1 Å². The lowest BCUT2D eigenvalue weighted by atomic mass is 10.2. The molecule has 0 spiro atoms. The summed E-state index contributed by atoms with van der Waals surface area (Å²) in [4.78, 5) is 15.0. The Morgan fingerprint density at radius 2 is 2.17 bits per heavy atom. The molecule has 0 amide bonds. The van der Waals surface area contributed by atoms with Crippen molar-refractivity contribution in [2.24, 2.45) is 0 Å². The summed E-state index contributed by atoms with van der Waals surface area (Å²) in [5.74, 6) is 0.842. The second-order valence-corrected chi connectivity index (χ2v) is 4.74. The molecule has 3 heterocycles. The van der Waals surface area contributed by atoms with Gasteiger partial charge in [-0.25, -0.2) is 15.0 Å². The number of imidazole rings is 1. The number of anilines is 1. The fourth-order valence-electron chi connectivity index (χ4n) is 2.32. The van der Waals surface area contributed by atoms with Crippen LogP contribution >= 0.6 is 0 Å². The van der Waals surface area contributed by atoms with Crippen molar-refractivity contribution in [1.29, 1.82) is 0 Å². The Morgan fingerprint density at radius 3 is 2.89 bits per heavy atom. The van der Waals surface area contributed by atoms with E-state index in [1.54, 1.807) is 6.33 Å². The molecule has 0 bridgehead atoms. The summed E-state index contributed by atoms with van der Waals surface area (Å²) in [6, 6.07) is 0. The number of ether oxygens (including phenoxy) is 1. The molecular formula is C12H17N5O. The van der Waals surface area contributed by atoms with Crippen LogP contribution < -0.4 is 4.90 Å².